The van der Waals surface area contributed by atoms with E-state index in [9.17, 15) is 0 Å². The topological polar surface area (TPSA) is 0 Å². The van der Waals surface area contributed by atoms with Crippen molar-refractivity contribution >= 4 is 15.0 Å². The first kappa shape index (κ1) is 11.6. The van der Waals surface area contributed by atoms with Crippen LogP contribution < -0.4 is 0 Å². The van der Waals surface area contributed by atoms with E-state index >= 15 is 0 Å². The molecule has 76 valence electrons. The van der Waals surface area contributed by atoms with E-state index in [1.54, 1.807) is 0 Å². The summed E-state index contributed by atoms with van der Waals surface area (Å²) in [6, 6.07) is 10.8. The van der Waals surface area contributed by atoms with Crippen molar-refractivity contribution in [3.8, 4) is 0 Å². The van der Waals surface area contributed by atoms with Gasteiger partial charge in [0.2, 0.25) is 0 Å². The first-order valence-electron chi connectivity index (χ1n) is 5.16. The predicted octanol–water partition coefficient (Wildman–Crippen LogP) is 3.67. The molecule has 0 radical (unpaired) electrons. The van der Waals surface area contributed by atoms with Crippen LogP contribution in [-0.2, 0) is 5.32 Å². The molecule has 0 atom stereocenters. The van der Waals surface area contributed by atoms with Crippen molar-refractivity contribution < 1.29 is 0 Å². The van der Waals surface area contributed by atoms with Gasteiger partial charge >= 0.3 is 93.4 Å². The fourth-order valence-electron chi connectivity index (χ4n) is 1.26. The summed E-state index contributed by atoms with van der Waals surface area (Å²) in [5, 5.41) is 2.71. The van der Waals surface area contributed by atoms with E-state index in [1.165, 1.54) is 35.5 Å². The quantitative estimate of drug-likeness (QED) is 0.395. The molecule has 0 N–H and O–H groups in total. The Morgan fingerprint density at radius 1 is 1.14 bits per heavy atom. The third kappa shape index (κ3) is 5.26. The molecule has 1 heteroatoms. The van der Waals surface area contributed by atoms with E-state index in [1.807, 2.05) is 6.08 Å². The molecule has 0 bridgehead atoms. The zero-order valence-electron chi connectivity index (χ0n) is 8.61. The number of hydrogen-bond acceptors (Lipinski definition) is 0. The Balaban J connectivity index is 2.02. The molecular weight excluding hydrogens is 235 g/mol. The molecule has 0 spiro atoms. The zero-order chi connectivity index (χ0) is 10.1. The normalized spacial score (nSPS) is 10.0. The maximum absolute atomic E-state index is 3.73. The van der Waals surface area contributed by atoms with E-state index in [4.69, 9.17) is 0 Å². The van der Waals surface area contributed by atoms with Crippen LogP contribution in [0.3, 0.4) is 0 Å². The fraction of sp³-hybridized carbons (Fsp3) is 0.385. The van der Waals surface area contributed by atoms with Crippen molar-refractivity contribution in [2.24, 2.45) is 0 Å². The monoisotopic (exact) mass is 254 g/mol. The first-order chi connectivity index (χ1) is 6.93. The Labute approximate surface area is 93.6 Å². The SMILES string of the molecule is C=CCCCC[Se]Cc1ccccc1. The van der Waals surface area contributed by atoms with Gasteiger partial charge in [0.05, 0.1) is 0 Å². The second kappa shape index (κ2) is 7.84. The third-order valence-electron chi connectivity index (χ3n) is 2.06. The fourth-order valence-corrected chi connectivity index (χ4v) is 3.31. The van der Waals surface area contributed by atoms with Gasteiger partial charge in [-0.25, -0.2) is 0 Å². The molecule has 0 aliphatic carbocycles. The predicted molar refractivity (Wildman–Crippen MR) is 64.8 cm³/mol. The maximum atomic E-state index is 3.73. The van der Waals surface area contributed by atoms with E-state index < -0.39 is 0 Å². The summed E-state index contributed by atoms with van der Waals surface area (Å²) >= 11 is 0.794. The van der Waals surface area contributed by atoms with Crippen LogP contribution in [0.4, 0.5) is 0 Å². The third-order valence-corrected chi connectivity index (χ3v) is 4.40. The summed E-state index contributed by atoms with van der Waals surface area (Å²) in [5.74, 6) is 0. The van der Waals surface area contributed by atoms with Crippen LogP contribution in [0, 0.1) is 0 Å². The number of allylic oxidation sites excluding steroid dienone is 1. The molecule has 0 heterocycles. The second-order valence-corrected chi connectivity index (χ2v) is 5.64. The minimum absolute atomic E-state index is 0.794. The molecule has 0 amide bonds. The average Bonchev–Trinajstić information content (AvgIpc) is 2.25. The van der Waals surface area contributed by atoms with Crippen molar-refractivity contribution in [1.29, 1.82) is 0 Å². The van der Waals surface area contributed by atoms with Crippen LogP contribution in [0.15, 0.2) is 43.0 Å². The van der Waals surface area contributed by atoms with Gasteiger partial charge in [-0.15, -0.1) is 0 Å². The summed E-state index contributed by atoms with van der Waals surface area (Å²) < 4.78 is 0. The zero-order valence-corrected chi connectivity index (χ0v) is 10.3. The van der Waals surface area contributed by atoms with Crippen molar-refractivity contribution in [1.82, 2.24) is 0 Å². The number of unbranched alkanes of at least 4 members (excludes halogenated alkanes) is 2. The summed E-state index contributed by atoms with van der Waals surface area (Å²) in [6.45, 7) is 3.73. The first-order valence-corrected chi connectivity index (χ1v) is 7.58. The van der Waals surface area contributed by atoms with Crippen LogP contribution in [0.25, 0.3) is 0 Å². The van der Waals surface area contributed by atoms with Crippen molar-refractivity contribution in [2.75, 3.05) is 0 Å². The van der Waals surface area contributed by atoms with E-state index in [0.29, 0.717) is 0 Å². The Hall–Kier alpha value is -0.521. The van der Waals surface area contributed by atoms with Crippen LogP contribution in [-0.4, -0.2) is 15.0 Å². The Morgan fingerprint density at radius 2 is 1.93 bits per heavy atom. The molecule has 0 fully saturated rings. The van der Waals surface area contributed by atoms with Gasteiger partial charge in [0.1, 0.15) is 0 Å². The van der Waals surface area contributed by atoms with Gasteiger partial charge in [-0.05, 0) is 0 Å². The van der Waals surface area contributed by atoms with Gasteiger partial charge in [-0.2, -0.15) is 0 Å². The summed E-state index contributed by atoms with van der Waals surface area (Å²) in [6.07, 6.45) is 5.89. The molecule has 14 heavy (non-hydrogen) atoms. The van der Waals surface area contributed by atoms with Gasteiger partial charge in [0.25, 0.3) is 0 Å². The van der Waals surface area contributed by atoms with Gasteiger partial charge in [-0.1, -0.05) is 0 Å². The van der Waals surface area contributed by atoms with Crippen LogP contribution in [0.1, 0.15) is 24.8 Å². The van der Waals surface area contributed by atoms with Crippen LogP contribution >= 0.6 is 0 Å². The molecule has 0 aliphatic heterocycles. The van der Waals surface area contributed by atoms with E-state index in [-0.39, 0.29) is 0 Å². The molecule has 1 aromatic rings. The van der Waals surface area contributed by atoms with Crippen molar-refractivity contribution in [3.63, 3.8) is 0 Å². The van der Waals surface area contributed by atoms with Gasteiger partial charge in [0, 0.05) is 0 Å². The van der Waals surface area contributed by atoms with Crippen LogP contribution in [0.5, 0.6) is 0 Å². The molecule has 0 aliphatic rings. The van der Waals surface area contributed by atoms with E-state index in [2.05, 4.69) is 36.9 Å². The molecule has 0 unspecified atom stereocenters. The molecule has 0 nitrogen and oxygen atoms in total. The van der Waals surface area contributed by atoms with Gasteiger partial charge in [0.15, 0.2) is 0 Å². The van der Waals surface area contributed by atoms with Gasteiger partial charge < -0.3 is 0 Å². The van der Waals surface area contributed by atoms with Crippen LogP contribution in [0.2, 0.25) is 5.32 Å². The molecule has 0 aromatic heterocycles. The molecule has 0 saturated heterocycles. The summed E-state index contributed by atoms with van der Waals surface area (Å²) in [5.41, 5.74) is 1.50. The Bertz CT molecular complexity index is 241. The van der Waals surface area contributed by atoms with E-state index in [0.717, 1.165) is 15.0 Å². The van der Waals surface area contributed by atoms with Crippen molar-refractivity contribution in [2.45, 2.75) is 29.9 Å². The number of benzene rings is 1. The standard InChI is InChI=1S/C13H18Se/c1-2-3-4-8-11-14-12-13-9-6-5-7-10-13/h2,5-7,9-10H,1,3-4,8,11-12H2. The summed E-state index contributed by atoms with van der Waals surface area (Å²) in [7, 11) is 0. The minimum atomic E-state index is 0.794. The molecule has 0 saturated carbocycles. The number of hydrogen-bond donors (Lipinski definition) is 0. The molecule has 1 aromatic carbocycles. The van der Waals surface area contributed by atoms with Crippen molar-refractivity contribution in [3.05, 3.63) is 48.6 Å². The van der Waals surface area contributed by atoms with Gasteiger partial charge in [-0.3, -0.25) is 0 Å². The average molecular weight is 253 g/mol. The Kier molecular flexibility index (Phi) is 6.47. The Morgan fingerprint density at radius 3 is 2.64 bits per heavy atom. The molecule has 1 rings (SSSR count). The summed E-state index contributed by atoms with van der Waals surface area (Å²) in [4.78, 5) is 0. The second-order valence-electron chi connectivity index (χ2n) is 3.32. The number of rotatable bonds is 7. The molecular formula is C13H18Se.